The molecule has 2 aliphatic carbocycles. The highest BCUT2D eigenvalue weighted by Crippen LogP contribution is 2.41. The van der Waals surface area contributed by atoms with Gasteiger partial charge < -0.3 is 15.6 Å². The highest BCUT2D eigenvalue weighted by Gasteiger charge is 2.32. The van der Waals surface area contributed by atoms with Gasteiger partial charge >= 0.3 is 0 Å². The molecule has 1 aromatic carbocycles. The number of benzene rings is 1. The second-order valence-electron chi connectivity index (χ2n) is 8.36. The number of thiophene rings is 1. The van der Waals surface area contributed by atoms with E-state index in [2.05, 4.69) is 32.2 Å². The van der Waals surface area contributed by atoms with Crippen molar-refractivity contribution in [2.24, 2.45) is 5.73 Å². The first kappa shape index (κ1) is 21.2. The maximum atomic E-state index is 13.0. The minimum atomic E-state index is -0.475. The molecule has 1 unspecified atom stereocenters. The van der Waals surface area contributed by atoms with Crippen molar-refractivity contribution in [3.8, 4) is 0 Å². The number of primary amides is 1. The summed E-state index contributed by atoms with van der Waals surface area (Å²) in [6.07, 6.45) is 5.07. The van der Waals surface area contributed by atoms with Crippen molar-refractivity contribution in [2.45, 2.75) is 61.9 Å². The number of rotatable bonds is 8. The lowest BCUT2D eigenvalue weighted by Gasteiger charge is -2.14. The molecule has 3 N–H and O–H groups in total. The topological polar surface area (TPSA) is 103 Å². The van der Waals surface area contributed by atoms with Crippen LogP contribution in [-0.4, -0.2) is 31.8 Å². The number of amides is 2. The largest absolute Gasteiger partial charge is 0.365 e. The summed E-state index contributed by atoms with van der Waals surface area (Å²) < 4.78 is 2.13. The van der Waals surface area contributed by atoms with E-state index in [1.54, 1.807) is 0 Å². The molecule has 0 saturated heterocycles. The second kappa shape index (κ2) is 8.71. The molecule has 2 aliphatic rings. The Morgan fingerprint density at radius 1 is 1.25 bits per heavy atom. The van der Waals surface area contributed by atoms with Crippen LogP contribution in [0.1, 0.15) is 64.3 Å². The van der Waals surface area contributed by atoms with Crippen LogP contribution in [0.25, 0.3) is 0 Å². The summed E-state index contributed by atoms with van der Waals surface area (Å²) in [6, 6.07) is 10.2. The van der Waals surface area contributed by atoms with Gasteiger partial charge in [-0.1, -0.05) is 42.1 Å². The summed E-state index contributed by atoms with van der Waals surface area (Å²) in [5.74, 6) is 0.808. The van der Waals surface area contributed by atoms with Crippen molar-refractivity contribution in [1.82, 2.24) is 14.8 Å². The van der Waals surface area contributed by atoms with Crippen molar-refractivity contribution >= 4 is 39.9 Å². The van der Waals surface area contributed by atoms with Crippen LogP contribution in [0.3, 0.4) is 0 Å². The summed E-state index contributed by atoms with van der Waals surface area (Å²) in [5, 5.41) is 12.7. The predicted octanol–water partition coefficient (Wildman–Crippen LogP) is 3.97. The van der Waals surface area contributed by atoms with E-state index in [0.29, 0.717) is 23.0 Å². The van der Waals surface area contributed by atoms with Crippen LogP contribution < -0.4 is 11.1 Å². The van der Waals surface area contributed by atoms with E-state index < -0.39 is 11.2 Å². The maximum Gasteiger partial charge on any atom is 0.251 e. The van der Waals surface area contributed by atoms with Crippen LogP contribution in [0, 0.1) is 0 Å². The predicted molar refractivity (Wildman–Crippen MR) is 126 cm³/mol. The summed E-state index contributed by atoms with van der Waals surface area (Å²) >= 11 is 2.87. The zero-order valence-corrected chi connectivity index (χ0v) is 19.5. The molecule has 1 fully saturated rings. The normalized spacial score (nSPS) is 16.0. The number of nitrogens with two attached hydrogens (primary N) is 1. The van der Waals surface area contributed by atoms with Crippen LogP contribution in [0.15, 0.2) is 35.5 Å². The summed E-state index contributed by atoms with van der Waals surface area (Å²) in [5.41, 5.74) is 8.29. The molecule has 32 heavy (non-hydrogen) atoms. The Hall–Kier alpha value is -2.65. The maximum absolute atomic E-state index is 13.0. The minimum absolute atomic E-state index is 0.167. The number of nitrogens with one attached hydrogen (secondary N) is 1. The molecule has 0 radical (unpaired) electrons. The molecular formula is C23H25N5O2S2. The highest BCUT2D eigenvalue weighted by molar-refractivity contribution is 8.00. The van der Waals surface area contributed by atoms with E-state index >= 15 is 0 Å². The first-order valence-electron chi connectivity index (χ1n) is 10.9. The number of aromatic nitrogens is 3. The van der Waals surface area contributed by atoms with Gasteiger partial charge in [-0.15, -0.1) is 21.5 Å². The zero-order chi connectivity index (χ0) is 22.2. The molecule has 7 nitrogen and oxygen atoms in total. The van der Waals surface area contributed by atoms with E-state index in [9.17, 15) is 9.59 Å². The Balaban J connectivity index is 1.34. The number of fused-ring (bicyclic) bond motifs is 1. The van der Waals surface area contributed by atoms with Gasteiger partial charge in [0.15, 0.2) is 5.16 Å². The van der Waals surface area contributed by atoms with Gasteiger partial charge in [0.2, 0.25) is 5.91 Å². The molecule has 0 aliphatic heterocycles. The van der Waals surface area contributed by atoms with Gasteiger partial charge in [0, 0.05) is 10.8 Å². The fourth-order valence-electron chi connectivity index (χ4n) is 4.12. The Kier molecular flexibility index (Phi) is 5.77. The Bertz CT molecular complexity index is 1170. The molecule has 5 rings (SSSR count). The fraction of sp³-hybridized carbons (Fsp3) is 0.391. The first-order chi connectivity index (χ1) is 15.5. The van der Waals surface area contributed by atoms with Gasteiger partial charge in [0.1, 0.15) is 10.8 Å². The standard InChI is InChI=1S/C23H25N5O2S2/c1-13(21(30)25-22-18(19(24)29)16-8-5-9-17(16)32-22)31-23-27-26-20(15-10-11-15)28(23)12-14-6-3-2-4-7-14/h2-4,6-7,13,15H,5,8-12H2,1H3,(H2,24,29)(H,25,30). The fourth-order valence-corrected chi connectivity index (χ4v) is 6.28. The molecule has 0 spiro atoms. The average Bonchev–Trinajstić information content (AvgIpc) is 3.24. The molecular weight excluding hydrogens is 442 g/mol. The van der Waals surface area contributed by atoms with Gasteiger partial charge in [0.05, 0.1) is 17.4 Å². The van der Waals surface area contributed by atoms with Crippen LogP contribution in [0.2, 0.25) is 0 Å². The number of aryl methyl sites for hydroxylation is 1. The lowest BCUT2D eigenvalue weighted by molar-refractivity contribution is -0.115. The second-order valence-corrected chi connectivity index (χ2v) is 10.8. The molecule has 1 atom stereocenters. The number of carbonyl (C=O) groups excluding carboxylic acids is 2. The highest BCUT2D eigenvalue weighted by atomic mass is 32.2. The van der Waals surface area contributed by atoms with Crippen molar-refractivity contribution in [1.29, 1.82) is 0 Å². The molecule has 3 aromatic rings. The molecule has 2 amide bonds. The van der Waals surface area contributed by atoms with E-state index in [-0.39, 0.29) is 5.91 Å². The van der Waals surface area contributed by atoms with Crippen LogP contribution in [-0.2, 0) is 24.2 Å². The molecule has 1 saturated carbocycles. The van der Waals surface area contributed by atoms with Gasteiger partial charge in [-0.05, 0) is 50.2 Å². The zero-order valence-electron chi connectivity index (χ0n) is 17.8. The molecule has 166 valence electrons. The third-order valence-corrected chi connectivity index (χ3v) is 8.22. The van der Waals surface area contributed by atoms with Gasteiger partial charge in [-0.2, -0.15) is 0 Å². The Morgan fingerprint density at radius 2 is 2.03 bits per heavy atom. The first-order valence-corrected chi connectivity index (χ1v) is 12.6. The molecule has 0 bridgehead atoms. The number of thioether (sulfide) groups is 1. The average molecular weight is 468 g/mol. The van der Waals surface area contributed by atoms with Crippen molar-refractivity contribution in [3.63, 3.8) is 0 Å². The summed E-state index contributed by atoms with van der Waals surface area (Å²) in [4.78, 5) is 26.2. The minimum Gasteiger partial charge on any atom is -0.365 e. The number of hydrogen-bond donors (Lipinski definition) is 2. The third kappa shape index (κ3) is 4.19. The summed E-state index contributed by atoms with van der Waals surface area (Å²) in [6.45, 7) is 2.53. The van der Waals surface area contributed by atoms with E-state index in [0.717, 1.165) is 53.5 Å². The monoisotopic (exact) mass is 467 g/mol. The van der Waals surface area contributed by atoms with Crippen molar-refractivity contribution in [3.05, 3.63) is 57.7 Å². The molecule has 2 heterocycles. The number of carbonyl (C=O) groups is 2. The van der Waals surface area contributed by atoms with Crippen LogP contribution in [0.5, 0.6) is 0 Å². The van der Waals surface area contributed by atoms with E-state index in [1.807, 2.05) is 25.1 Å². The lowest BCUT2D eigenvalue weighted by Crippen LogP contribution is -2.24. The third-order valence-electron chi connectivity index (χ3n) is 5.93. The van der Waals surface area contributed by atoms with Crippen molar-refractivity contribution in [2.75, 3.05) is 5.32 Å². The lowest BCUT2D eigenvalue weighted by atomic mass is 10.1. The van der Waals surface area contributed by atoms with Crippen molar-refractivity contribution < 1.29 is 9.59 Å². The van der Waals surface area contributed by atoms with Gasteiger partial charge in [-0.3, -0.25) is 9.59 Å². The van der Waals surface area contributed by atoms with E-state index in [4.69, 9.17) is 5.73 Å². The van der Waals surface area contributed by atoms with Crippen LogP contribution in [0.4, 0.5) is 5.00 Å². The Labute approximate surface area is 194 Å². The molecule has 2 aromatic heterocycles. The number of nitrogens with zero attached hydrogens (tertiary/aromatic N) is 3. The molecule has 9 heteroatoms. The van der Waals surface area contributed by atoms with Gasteiger partial charge in [-0.25, -0.2) is 0 Å². The Morgan fingerprint density at radius 3 is 2.75 bits per heavy atom. The van der Waals surface area contributed by atoms with Gasteiger partial charge in [0.25, 0.3) is 5.91 Å². The quantitative estimate of drug-likeness (QED) is 0.488. The SMILES string of the molecule is CC(Sc1nnc(C2CC2)n1Cc1ccccc1)C(=O)Nc1sc2c(c1C(N)=O)CCC2. The number of hydrogen-bond acceptors (Lipinski definition) is 6. The smallest absolute Gasteiger partial charge is 0.251 e. The summed E-state index contributed by atoms with van der Waals surface area (Å²) in [7, 11) is 0. The van der Waals surface area contributed by atoms with Crippen LogP contribution >= 0.6 is 23.1 Å². The van der Waals surface area contributed by atoms with E-state index in [1.165, 1.54) is 28.7 Å². The number of anilines is 1.